The van der Waals surface area contributed by atoms with Crippen LogP contribution >= 0.6 is 11.3 Å². The van der Waals surface area contributed by atoms with Gasteiger partial charge in [-0.1, -0.05) is 48.5 Å². The second kappa shape index (κ2) is 9.12. The highest BCUT2D eigenvalue weighted by Gasteiger charge is 2.21. The fourth-order valence-electron chi connectivity index (χ4n) is 3.52. The van der Waals surface area contributed by atoms with E-state index in [-0.39, 0.29) is 10.7 Å². The summed E-state index contributed by atoms with van der Waals surface area (Å²) in [6, 6.07) is 23.4. The van der Waals surface area contributed by atoms with Gasteiger partial charge in [0.25, 0.3) is 0 Å². The maximum Gasteiger partial charge on any atom is 0.176 e. The molecule has 6 heteroatoms. The van der Waals surface area contributed by atoms with E-state index >= 15 is 0 Å². The second-order valence-electron chi connectivity index (χ2n) is 7.40. The molecule has 0 aliphatic heterocycles. The molecule has 0 bridgehead atoms. The second-order valence-corrected chi connectivity index (χ2v) is 10.5. The SMILES string of the molecule is CS(=O)(=O)c1ccccc1-c1sc(CCCc2ccccc2)nc1-c1ccc(F)cc1. The van der Waals surface area contributed by atoms with Gasteiger partial charge in [0.05, 0.1) is 20.5 Å². The van der Waals surface area contributed by atoms with Crippen LogP contribution in [0.25, 0.3) is 21.7 Å². The maximum absolute atomic E-state index is 13.5. The molecule has 158 valence electrons. The zero-order valence-electron chi connectivity index (χ0n) is 17.1. The summed E-state index contributed by atoms with van der Waals surface area (Å²) in [6.07, 6.45) is 3.88. The van der Waals surface area contributed by atoms with Crippen molar-refractivity contribution >= 4 is 21.2 Å². The number of aryl methyl sites for hydroxylation is 2. The number of hydrogen-bond acceptors (Lipinski definition) is 4. The number of nitrogens with zero attached hydrogens (tertiary/aromatic N) is 1. The van der Waals surface area contributed by atoms with Gasteiger partial charge in [-0.2, -0.15) is 0 Å². The van der Waals surface area contributed by atoms with E-state index in [0.29, 0.717) is 11.3 Å². The first kappa shape index (κ1) is 21.4. The van der Waals surface area contributed by atoms with Crippen LogP contribution in [0.2, 0.25) is 0 Å². The lowest BCUT2D eigenvalue weighted by atomic mass is 10.1. The Hall–Kier alpha value is -2.83. The summed E-state index contributed by atoms with van der Waals surface area (Å²) in [6.45, 7) is 0. The zero-order valence-corrected chi connectivity index (χ0v) is 18.7. The van der Waals surface area contributed by atoms with Crippen LogP contribution in [0, 0.1) is 5.82 Å². The molecule has 0 spiro atoms. The van der Waals surface area contributed by atoms with E-state index in [0.717, 1.165) is 34.7 Å². The Kier molecular flexibility index (Phi) is 6.30. The van der Waals surface area contributed by atoms with Crippen molar-refractivity contribution in [1.29, 1.82) is 0 Å². The van der Waals surface area contributed by atoms with E-state index in [9.17, 15) is 12.8 Å². The summed E-state index contributed by atoms with van der Waals surface area (Å²) in [5, 5.41) is 0.938. The van der Waals surface area contributed by atoms with Crippen LogP contribution in [0.15, 0.2) is 83.8 Å². The van der Waals surface area contributed by atoms with Crippen LogP contribution in [-0.4, -0.2) is 19.7 Å². The van der Waals surface area contributed by atoms with Crippen molar-refractivity contribution < 1.29 is 12.8 Å². The largest absolute Gasteiger partial charge is 0.241 e. The third-order valence-corrected chi connectivity index (χ3v) is 7.32. The van der Waals surface area contributed by atoms with Gasteiger partial charge in [0.1, 0.15) is 5.82 Å². The molecule has 0 saturated heterocycles. The minimum atomic E-state index is -3.41. The monoisotopic (exact) mass is 451 g/mol. The van der Waals surface area contributed by atoms with Gasteiger partial charge < -0.3 is 0 Å². The lowest BCUT2D eigenvalue weighted by molar-refractivity contribution is 0.602. The average Bonchev–Trinajstić information content (AvgIpc) is 3.18. The number of sulfone groups is 1. The molecule has 31 heavy (non-hydrogen) atoms. The molecule has 0 aliphatic rings. The molecule has 0 saturated carbocycles. The van der Waals surface area contributed by atoms with E-state index in [1.807, 2.05) is 30.3 Å². The van der Waals surface area contributed by atoms with Crippen molar-refractivity contribution in [2.24, 2.45) is 0 Å². The third kappa shape index (κ3) is 5.09. The standard InChI is InChI=1S/C25H22FNO2S2/c1-31(28,29)22-12-6-5-11-21(22)25-24(19-14-16-20(26)17-15-19)27-23(30-25)13-7-10-18-8-3-2-4-9-18/h2-6,8-9,11-12,14-17H,7,10,13H2,1H3. The summed E-state index contributed by atoms with van der Waals surface area (Å²) in [5.41, 5.74) is 3.37. The zero-order chi connectivity index (χ0) is 21.8. The van der Waals surface area contributed by atoms with Gasteiger partial charge in [0, 0.05) is 17.4 Å². The summed E-state index contributed by atoms with van der Waals surface area (Å²) in [7, 11) is -3.41. The molecule has 4 aromatic rings. The molecule has 3 nitrogen and oxygen atoms in total. The normalized spacial score (nSPS) is 11.5. The third-order valence-electron chi connectivity index (χ3n) is 5.02. The van der Waals surface area contributed by atoms with Gasteiger partial charge >= 0.3 is 0 Å². The van der Waals surface area contributed by atoms with Gasteiger partial charge in [-0.3, -0.25) is 0 Å². The van der Waals surface area contributed by atoms with Crippen molar-refractivity contribution in [2.45, 2.75) is 24.2 Å². The molecular weight excluding hydrogens is 429 g/mol. The Bertz CT molecular complexity index is 1280. The lowest BCUT2D eigenvalue weighted by Crippen LogP contribution is -1.99. The van der Waals surface area contributed by atoms with E-state index in [1.165, 1.54) is 35.3 Å². The summed E-state index contributed by atoms with van der Waals surface area (Å²) in [5.74, 6) is -0.319. The first-order chi connectivity index (χ1) is 14.9. The van der Waals surface area contributed by atoms with Crippen molar-refractivity contribution in [1.82, 2.24) is 4.98 Å². The van der Waals surface area contributed by atoms with E-state index < -0.39 is 9.84 Å². The average molecular weight is 452 g/mol. The minimum absolute atomic E-state index is 0.276. The molecule has 0 radical (unpaired) electrons. The smallest absolute Gasteiger partial charge is 0.176 e. The topological polar surface area (TPSA) is 47.0 Å². The fraction of sp³-hybridized carbons (Fsp3) is 0.160. The van der Waals surface area contributed by atoms with Crippen molar-refractivity contribution in [3.8, 4) is 21.7 Å². The van der Waals surface area contributed by atoms with E-state index in [4.69, 9.17) is 4.98 Å². The Labute approximate surface area is 186 Å². The van der Waals surface area contributed by atoms with Gasteiger partial charge in [-0.15, -0.1) is 11.3 Å². The Morgan fingerprint density at radius 1 is 0.871 bits per heavy atom. The minimum Gasteiger partial charge on any atom is -0.241 e. The molecular formula is C25H22FNO2S2. The lowest BCUT2D eigenvalue weighted by Gasteiger charge is -2.08. The van der Waals surface area contributed by atoms with Crippen LogP contribution in [0.4, 0.5) is 4.39 Å². The van der Waals surface area contributed by atoms with Crippen LogP contribution in [0.5, 0.6) is 0 Å². The molecule has 0 amide bonds. The molecule has 0 unspecified atom stereocenters. The van der Waals surface area contributed by atoms with Crippen LogP contribution in [-0.2, 0) is 22.7 Å². The summed E-state index contributed by atoms with van der Waals surface area (Å²) >= 11 is 1.51. The van der Waals surface area contributed by atoms with Crippen molar-refractivity contribution in [3.63, 3.8) is 0 Å². The number of hydrogen-bond donors (Lipinski definition) is 0. The fourth-order valence-corrected chi connectivity index (χ4v) is 5.65. The van der Waals surface area contributed by atoms with Gasteiger partial charge in [-0.25, -0.2) is 17.8 Å². The Balaban J connectivity index is 1.72. The van der Waals surface area contributed by atoms with Crippen LogP contribution in [0.1, 0.15) is 17.0 Å². The maximum atomic E-state index is 13.5. The van der Waals surface area contributed by atoms with E-state index in [2.05, 4.69) is 12.1 Å². The van der Waals surface area contributed by atoms with Gasteiger partial charge in [0.2, 0.25) is 0 Å². The van der Waals surface area contributed by atoms with Crippen molar-refractivity contribution in [3.05, 3.63) is 95.3 Å². The van der Waals surface area contributed by atoms with E-state index in [1.54, 1.807) is 24.3 Å². The Morgan fingerprint density at radius 2 is 1.55 bits per heavy atom. The molecule has 0 N–H and O–H groups in total. The van der Waals surface area contributed by atoms with Crippen LogP contribution < -0.4 is 0 Å². The molecule has 0 aliphatic carbocycles. The number of halogens is 1. The number of benzene rings is 3. The van der Waals surface area contributed by atoms with Gasteiger partial charge in [-0.05, 0) is 55.2 Å². The highest BCUT2D eigenvalue weighted by atomic mass is 32.2. The molecule has 1 aromatic heterocycles. The molecule has 0 fully saturated rings. The first-order valence-corrected chi connectivity index (χ1v) is 12.7. The molecule has 0 atom stereocenters. The summed E-state index contributed by atoms with van der Waals surface area (Å²) < 4.78 is 38.3. The van der Waals surface area contributed by atoms with Crippen molar-refractivity contribution in [2.75, 3.05) is 6.26 Å². The summed E-state index contributed by atoms with van der Waals surface area (Å²) in [4.78, 5) is 5.91. The number of thiazole rings is 1. The van der Waals surface area contributed by atoms with Gasteiger partial charge in [0.15, 0.2) is 9.84 Å². The quantitative estimate of drug-likeness (QED) is 0.336. The molecule has 4 rings (SSSR count). The predicted molar refractivity (Wildman–Crippen MR) is 125 cm³/mol. The molecule has 1 heterocycles. The first-order valence-electron chi connectivity index (χ1n) is 10.0. The van der Waals surface area contributed by atoms with Crippen LogP contribution in [0.3, 0.4) is 0 Å². The Morgan fingerprint density at radius 3 is 2.26 bits per heavy atom. The number of aromatic nitrogens is 1. The highest BCUT2D eigenvalue weighted by Crippen LogP contribution is 2.40. The molecule has 3 aromatic carbocycles. The number of rotatable bonds is 7. The highest BCUT2D eigenvalue weighted by molar-refractivity contribution is 7.90. The predicted octanol–water partition coefficient (Wildman–Crippen LogP) is 6.20.